The molecular formula is C13H18ClNO3S. The molecule has 19 heavy (non-hydrogen) atoms. The van der Waals surface area contributed by atoms with Gasteiger partial charge in [0.05, 0.1) is 12.0 Å². The zero-order chi connectivity index (χ0) is 14.0. The zero-order valence-electron chi connectivity index (χ0n) is 11.1. The van der Waals surface area contributed by atoms with Crippen LogP contribution in [0, 0.1) is 6.92 Å². The van der Waals surface area contributed by atoms with E-state index < -0.39 is 10.0 Å². The van der Waals surface area contributed by atoms with Gasteiger partial charge < -0.3 is 4.74 Å². The molecule has 0 saturated carbocycles. The van der Waals surface area contributed by atoms with Crippen LogP contribution in [0.15, 0.2) is 23.1 Å². The summed E-state index contributed by atoms with van der Waals surface area (Å²) in [5.74, 6) is 0.693. The number of piperidine rings is 1. The number of sulfonamides is 1. The molecule has 0 atom stereocenters. The molecule has 1 aromatic carbocycles. The highest BCUT2D eigenvalue weighted by molar-refractivity contribution is 7.89. The Morgan fingerprint density at radius 1 is 1.32 bits per heavy atom. The average Bonchev–Trinajstić information content (AvgIpc) is 2.39. The normalized spacial score (nSPS) is 18.5. The molecule has 0 aromatic heterocycles. The Kier molecular flexibility index (Phi) is 4.38. The number of benzene rings is 1. The minimum Gasteiger partial charge on any atom is -0.496 e. The predicted octanol–water partition coefficient (Wildman–Crippen LogP) is 2.40. The first-order valence-electron chi connectivity index (χ1n) is 6.24. The van der Waals surface area contributed by atoms with Gasteiger partial charge in [0.2, 0.25) is 10.0 Å². The van der Waals surface area contributed by atoms with Crippen molar-refractivity contribution in [2.45, 2.75) is 30.0 Å². The van der Waals surface area contributed by atoms with Gasteiger partial charge in [-0.3, -0.25) is 0 Å². The lowest BCUT2D eigenvalue weighted by Gasteiger charge is -2.28. The van der Waals surface area contributed by atoms with Crippen LogP contribution in [-0.2, 0) is 10.0 Å². The maximum atomic E-state index is 12.5. The summed E-state index contributed by atoms with van der Waals surface area (Å²) in [7, 11) is -1.84. The SMILES string of the molecule is COc1ccc(S(=O)(=O)N2CCC(Cl)CC2)cc1C. The molecule has 0 spiro atoms. The first-order valence-corrected chi connectivity index (χ1v) is 8.11. The van der Waals surface area contributed by atoms with Gasteiger partial charge in [-0.05, 0) is 43.5 Å². The van der Waals surface area contributed by atoms with Crippen LogP contribution >= 0.6 is 11.6 Å². The quantitative estimate of drug-likeness (QED) is 0.806. The van der Waals surface area contributed by atoms with Crippen LogP contribution in [0.4, 0.5) is 0 Å². The van der Waals surface area contributed by atoms with E-state index in [9.17, 15) is 8.42 Å². The number of hydrogen-bond donors (Lipinski definition) is 0. The molecule has 0 amide bonds. The summed E-state index contributed by atoms with van der Waals surface area (Å²) in [6.45, 7) is 2.81. The first kappa shape index (κ1) is 14.6. The van der Waals surface area contributed by atoms with Crippen molar-refractivity contribution in [3.8, 4) is 5.75 Å². The van der Waals surface area contributed by atoms with E-state index in [2.05, 4.69) is 0 Å². The van der Waals surface area contributed by atoms with Crippen molar-refractivity contribution in [3.05, 3.63) is 23.8 Å². The first-order chi connectivity index (χ1) is 8.95. The van der Waals surface area contributed by atoms with E-state index in [-0.39, 0.29) is 5.38 Å². The molecule has 6 heteroatoms. The Labute approximate surface area is 119 Å². The van der Waals surface area contributed by atoms with Crippen molar-refractivity contribution in [3.63, 3.8) is 0 Å². The molecule has 1 fully saturated rings. The van der Waals surface area contributed by atoms with Gasteiger partial charge in [-0.15, -0.1) is 11.6 Å². The van der Waals surface area contributed by atoms with Gasteiger partial charge in [-0.1, -0.05) is 0 Å². The van der Waals surface area contributed by atoms with Crippen LogP contribution in [-0.4, -0.2) is 38.3 Å². The van der Waals surface area contributed by atoms with E-state index in [1.807, 2.05) is 6.92 Å². The molecule has 1 aromatic rings. The van der Waals surface area contributed by atoms with Crippen LogP contribution in [0.2, 0.25) is 0 Å². The Morgan fingerprint density at radius 3 is 2.47 bits per heavy atom. The van der Waals surface area contributed by atoms with Crippen molar-refractivity contribution in [1.82, 2.24) is 4.31 Å². The van der Waals surface area contributed by atoms with E-state index >= 15 is 0 Å². The van der Waals surface area contributed by atoms with Crippen molar-refractivity contribution in [2.24, 2.45) is 0 Å². The number of ether oxygens (including phenoxy) is 1. The smallest absolute Gasteiger partial charge is 0.243 e. The number of aryl methyl sites for hydroxylation is 1. The molecule has 1 aliphatic rings. The summed E-state index contributed by atoms with van der Waals surface area (Å²) in [5, 5.41) is 0.0871. The molecule has 0 radical (unpaired) electrons. The third-order valence-electron chi connectivity index (χ3n) is 3.39. The lowest BCUT2D eigenvalue weighted by atomic mass is 10.2. The number of rotatable bonds is 3. The second-order valence-corrected chi connectivity index (χ2v) is 7.27. The summed E-state index contributed by atoms with van der Waals surface area (Å²) in [4.78, 5) is 0.318. The van der Waals surface area contributed by atoms with Gasteiger partial charge in [-0.25, -0.2) is 8.42 Å². The lowest BCUT2D eigenvalue weighted by molar-refractivity contribution is 0.350. The minimum absolute atomic E-state index is 0.0871. The molecular weight excluding hydrogens is 286 g/mol. The number of nitrogens with zero attached hydrogens (tertiary/aromatic N) is 1. The maximum absolute atomic E-state index is 12.5. The van der Waals surface area contributed by atoms with E-state index in [0.29, 0.717) is 36.6 Å². The molecule has 1 saturated heterocycles. The van der Waals surface area contributed by atoms with Crippen molar-refractivity contribution in [1.29, 1.82) is 0 Å². The number of alkyl halides is 1. The number of halogens is 1. The Morgan fingerprint density at radius 2 is 1.95 bits per heavy atom. The summed E-state index contributed by atoms with van der Waals surface area (Å²) in [6.07, 6.45) is 1.41. The van der Waals surface area contributed by atoms with Crippen LogP contribution in [0.3, 0.4) is 0 Å². The molecule has 0 unspecified atom stereocenters. The van der Waals surface area contributed by atoms with Crippen LogP contribution in [0.1, 0.15) is 18.4 Å². The fourth-order valence-electron chi connectivity index (χ4n) is 2.23. The monoisotopic (exact) mass is 303 g/mol. The van der Waals surface area contributed by atoms with Gasteiger partial charge in [0, 0.05) is 18.5 Å². The zero-order valence-corrected chi connectivity index (χ0v) is 12.7. The fraction of sp³-hybridized carbons (Fsp3) is 0.538. The Balaban J connectivity index is 2.27. The van der Waals surface area contributed by atoms with Crippen molar-refractivity contribution in [2.75, 3.05) is 20.2 Å². The summed E-state index contributed by atoms with van der Waals surface area (Å²) in [6, 6.07) is 4.94. The lowest BCUT2D eigenvalue weighted by Crippen LogP contribution is -2.38. The predicted molar refractivity (Wildman–Crippen MR) is 75.4 cm³/mol. The van der Waals surface area contributed by atoms with Gasteiger partial charge in [-0.2, -0.15) is 4.31 Å². The second kappa shape index (κ2) is 5.69. The molecule has 106 valence electrons. The van der Waals surface area contributed by atoms with Crippen LogP contribution in [0.25, 0.3) is 0 Å². The third kappa shape index (κ3) is 3.04. The van der Waals surface area contributed by atoms with Gasteiger partial charge in [0.25, 0.3) is 0 Å². The van der Waals surface area contributed by atoms with Crippen molar-refractivity contribution >= 4 is 21.6 Å². The van der Waals surface area contributed by atoms with Gasteiger partial charge in [0.1, 0.15) is 5.75 Å². The molecule has 4 nitrogen and oxygen atoms in total. The summed E-state index contributed by atoms with van der Waals surface area (Å²) < 4.78 is 31.6. The third-order valence-corrected chi connectivity index (χ3v) is 5.72. The Hall–Kier alpha value is -0.780. The summed E-state index contributed by atoms with van der Waals surface area (Å²) in [5.41, 5.74) is 0.816. The van der Waals surface area contributed by atoms with E-state index in [1.165, 1.54) is 4.31 Å². The van der Waals surface area contributed by atoms with E-state index in [0.717, 1.165) is 5.56 Å². The fourth-order valence-corrected chi connectivity index (χ4v) is 3.98. The minimum atomic E-state index is -3.41. The summed E-state index contributed by atoms with van der Waals surface area (Å²) >= 11 is 6.00. The van der Waals surface area contributed by atoms with Crippen molar-refractivity contribution < 1.29 is 13.2 Å². The van der Waals surface area contributed by atoms with E-state index in [1.54, 1.807) is 25.3 Å². The highest BCUT2D eigenvalue weighted by Crippen LogP contribution is 2.26. The molecule has 0 N–H and O–H groups in total. The molecule has 0 bridgehead atoms. The Bertz CT molecular complexity index is 551. The molecule has 1 aliphatic heterocycles. The largest absolute Gasteiger partial charge is 0.496 e. The van der Waals surface area contributed by atoms with Gasteiger partial charge >= 0.3 is 0 Å². The van der Waals surface area contributed by atoms with Gasteiger partial charge in [0.15, 0.2) is 0 Å². The highest BCUT2D eigenvalue weighted by Gasteiger charge is 2.28. The van der Waals surface area contributed by atoms with Crippen LogP contribution in [0.5, 0.6) is 5.75 Å². The standard InChI is InChI=1S/C13H18ClNO3S/c1-10-9-12(3-4-13(10)18-2)19(16,17)15-7-5-11(14)6-8-15/h3-4,9,11H,5-8H2,1-2H3. The molecule has 2 rings (SSSR count). The molecule has 0 aliphatic carbocycles. The highest BCUT2D eigenvalue weighted by atomic mass is 35.5. The van der Waals surface area contributed by atoms with E-state index in [4.69, 9.17) is 16.3 Å². The topological polar surface area (TPSA) is 46.6 Å². The number of hydrogen-bond acceptors (Lipinski definition) is 3. The molecule has 1 heterocycles. The number of methoxy groups -OCH3 is 1. The maximum Gasteiger partial charge on any atom is 0.243 e. The second-order valence-electron chi connectivity index (χ2n) is 4.71. The van der Waals surface area contributed by atoms with Crippen LogP contribution < -0.4 is 4.74 Å². The average molecular weight is 304 g/mol.